The van der Waals surface area contributed by atoms with E-state index in [2.05, 4.69) is 138 Å². The first kappa shape index (κ1) is 18.8. The van der Waals surface area contributed by atoms with Gasteiger partial charge in [0.1, 0.15) is 6.17 Å². The molecule has 6 rings (SSSR count). The van der Waals surface area contributed by atoms with Gasteiger partial charge in [-0.05, 0) is 49.7 Å². The standard InChI is InChI=1S/C29H25N3/c1-21-17-18-26-25-15-9-10-16-27(25)32(24-13-7-4-8-14-24)29(26)28(21)31-20-19-30(22(31)2)23-11-5-3-6-12-23/h3-20,22H,1-2H3/t22-/m0/s1. The molecule has 0 bridgehead atoms. The maximum Gasteiger partial charge on any atom is 0.107 e. The van der Waals surface area contributed by atoms with Gasteiger partial charge in [0.25, 0.3) is 0 Å². The van der Waals surface area contributed by atoms with Crippen LogP contribution in [0.5, 0.6) is 0 Å². The van der Waals surface area contributed by atoms with Gasteiger partial charge < -0.3 is 14.4 Å². The van der Waals surface area contributed by atoms with E-state index >= 15 is 0 Å². The Balaban J connectivity index is 1.62. The molecule has 1 aliphatic rings. The Morgan fingerprint density at radius 3 is 1.97 bits per heavy atom. The molecular weight excluding hydrogens is 390 g/mol. The van der Waals surface area contributed by atoms with Crippen LogP contribution < -0.4 is 9.80 Å². The lowest BCUT2D eigenvalue weighted by Crippen LogP contribution is -2.36. The number of hydrogen-bond donors (Lipinski definition) is 0. The SMILES string of the molecule is Cc1ccc2c3ccccc3n(-c3ccccc3)c2c1N1C=CN(c2ccccc2)[C@@H]1C. The van der Waals surface area contributed by atoms with Crippen molar-refractivity contribution in [3.05, 3.63) is 115 Å². The Morgan fingerprint density at radius 2 is 1.22 bits per heavy atom. The van der Waals surface area contributed by atoms with Crippen molar-refractivity contribution in [2.75, 3.05) is 9.80 Å². The highest BCUT2D eigenvalue weighted by atomic mass is 15.4. The zero-order valence-electron chi connectivity index (χ0n) is 18.3. The summed E-state index contributed by atoms with van der Waals surface area (Å²) in [6, 6.07) is 34.5. The van der Waals surface area contributed by atoms with Gasteiger partial charge in [-0.1, -0.05) is 66.7 Å². The monoisotopic (exact) mass is 415 g/mol. The van der Waals surface area contributed by atoms with E-state index in [4.69, 9.17) is 0 Å². The Kier molecular flexibility index (Phi) is 4.29. The number of aryl methyl sites for hydroxylation is 1. The van der Waals surface area contributed by atoms with E-state index in [0.29, 0.717) is 0 Å². The number of para-hydroxylation sites is 3. The van der Waals surface area contributed by atoms with Gasteiger partial charge in [-0.3, -0.25) is 0 Å². The highest BCUT2D eigenvalue weighted by Crippen LogP contribution is 2.41. The van der Waals surface area contributed by atoms with Gasteiger partial charge in [0.15, 0.2) is 0 Å². The van der Waals surface area contributed by atoms with Crippen LogP contribution in [-0.2, 0) is 0 Å². The maximum absolute atomic E-state index is 2.42. The van der Waals surface area contributed by atoms with E-state index < -0.39 is 0 Å². The predicted octanol–water partition coefficient (Wildman–Crippen LogP) is 7.24. The van der Waals surface area contributed by atoms with Gasteiger partial charge in [-0.15, -0.1) is 0 Å². The van der Waals surface area contributed by atoms with Crippen molar-refractivity contribution in [3.63, 3.8) is 0 Å². The molecule has 0 amide bonds. The molecule has 1 aliphatic heterocycles. The average molecular weight is 416 g/mol. The third-order valence-corrected chi connectivity index (χ3v) is 6.53. The highest BCUT2D eigenvalue weighted by molar-refractivity contribution is 6.14. The molecule has 3 nitrogen and oxygen atoms in total. The van der Waals surface area contributed by atoms with Gasteiger partial charge in [0, 0.05) is 34.5 Å². The summed E-state index contributed by atoms with van der Waals surface area (Å²) in [5, 5.41) is 2.56. The molecule has 1 atom stereocenters. The van der Waals surface area contributed by atoms with Crippen molar-refractivity contribution in [3.8, 4) is 5.69 Å². The number of hydrogen-bond acceptors (Lipinski definition) is 2. The number of benzene rings is 4. The van der Waals surface area contributed by atoms with E-state index in [9.17, 15) is 0 Å². The molecule has 0 unspecified atom stereocenters. The first-order valence-corrected chi connectivity index (χ1v) is 11.1. The van der Waals surface area contributed by atoms with Crippen molar-refractivity contribution in [1.29, 1.82) is 0 Å². The van der Waals surface area contributed by atoms with Crippen LogP contribution in [0, 0.1) is 6.92 Å². The number of anilines is 2. The van der Waals surface area contributed by atoms with Gasteiger partial charge in [-0.25, -0.2) is 0 Å². The molecule has 5 aromatic rings. The van der Waals surface area contributed by atoms with E-state index in [1.54, 1.807) is 0 Å². The molecule has 1 aromatic heterocycles. The third-order valence-electron chi connectivity index (χ3n) is 6.53. The predicted molar refractivity (Wildman–Crippen MR) is 136 cm³/mol. The van der Waals surface area contributed by atoms with Crippen LogP contribution >= 0.6 is 0 Å². The fraction of sp³-hybridized carbons (Fsp3) is 0.103. The second-order valence-electron chi connectivity index (χ2n) is 8.40. The lowest BCUT2D eigenvalue weighted by molar-refractivity contribution is 0.749. The summed E-state index contributed by atoms with van der Waals surface area (Å²) in [4.78, 5) is 4.73. The first-order valence-electron chi connectivity index (χ1n) is 11.1. The molecular formula is C29H25N3. The Labute approximate surface area is 188 Å². The normalized spacial score (nSPS) is 15.9. The smallest absolute Gasteiger partial charge is 0.107 e. The molecule has 0 saturated heterocycles. The number of fused-ring (bicyclic) bond motifs is 3. The molecule has 0 saturated carbocycles. The minimum Gasteiger partial charge on any atom is -0.326 e. The molecule has 0 N–H and O–H groups in total. The number of aromatic nitrogens is 1. The molecule has 3 heteroatoms. The fourth-order valence-electron chi connectivity index (χ4n) is 5.00. The van der Waals surface area contributed by atoms with Crippen molar-refractivity contribution in [2.24, 2.45) is 0 Å². The Bertz CT molecular complexity index is 1450. The van der Waals surface area contributed by atoms with Crippen molar-refractivity contribution >= 4 is 33.2 Å². The summed E-state index contributed by atoms with van der Waals surface area (Å²) < 4.78 is 2.42. The minimum atomic E-state index is 0.170. The second-order valence-corrected chi connectivity index (χ2v) is 8.40. The van der Waals surface area contributed by atoms with E-state index in [1.165, 1.54) is 44.4 Å². The quantitative estimate of drug-likeness (QED) is 0.308. The maximum atomic E-state index is 2.42. The molecule has 4 aromatic carbocycles. The van der Waals surface area contributed by atoms with Gasteiger partial charge in [0.2, 0.25) is 0 Å². The van der Waals surface area contributed by atoms with Crippen LogP contribution in [0.4, 0.5) is 11.4 Å². The molecule has 0 fully saturated rings. The van der Waals surface area contributed by atoms with Crippen LogP contribution in [0.3, 0.4) is 0 Å². The zero-order chi connectivity index (χ0) is 21.7. The average Bonchev–Trinajstić information content (AvgIpc) is 3.38. The van der Waals surface area contributed by atoms with Crippen molar-refractivity contribution in [1.82, 2.24) is 4.57 Å². The first-order chi connectivity index (χ1) is 15.7. The Hall–Kier alpha value is -3.98. The zero-order valence-corrected chi connectivity index (χ0v) is 18.3. The van der Waals surface area contributed by atoms with Gasteiger partial charge in [-0.2, -0.15) is 0 Å². The second kappa shape index (κ2) is 7.31. The van der Waals surface area contributed by atoms with E-state index in [0.717, 1.165) is 0 Å². The molecule has 32 heavy (non-hydrogen) atoms. The number of rotatable bonds is 3. The lowest BCUT2D eigenvalue weighted by Gasteiger charge is -2.31. The lowest BCUT2D eigenvalue weighted by atomic mass is 10.1. The van der Waals surface area contributed by atoms with Crippen LogP contribution in [0.1, 0.15) is 12.5 Å². The largest absolute Gasteiger partial charge is 0.326 e. The van der Waals surface area contributed by atoms with Crippen molar-refractivity contribution in [2.45, 2.75) is 20.0 Å². The van der Waals surface area contributed by atoms with Crippen LogP contribution in [-0.4, -0.2) is 10.7 Å². The minimum absolute atomic E-state index is 0.170. The molecule has 0 radical (unpaired) electrons. The summed E-state index contributed by atoms with van der Waals surface area (Å²) in [6.45, 7) is 4.48. The van der Waals surface area contributed by atoms with Gasteiger partial charge in [0.05, 0.1) is 16.7 Å². The topological polar surface area (TPSA) is 11.4 Å². The number of nitrogens with zero attached hydrogens (tertiary/aromatic N) is 3. The molecule has 156 valence electrons. The van der Waals surface area contributed by atoms with Crippen molar-refractivity contribution < 1.29 is 0 Å². The van der Waals surface area contributed by atoms with E-state index in [1.807, 2.05) is 0 Å². The molecule has 0 spiro atoms. The summed E-state index contributed by atoms with van der Waals surface area (Å²) in [6.07, 6.45) is 4.57. The fourth-order valence-corrected chi connectivity index (χ4v) is 5.00. The Morgan fingerprint density at radius 1 is 0.594 bits per heavy atom. The summed E-state index contributed by atoms with van der Waals surface area (Å²) in [5.74, 6) is 0. The molecule has 0 aliphatic carbocycles. The van der Waals surface area contributed by atoms with Gasteiger partial charge >= 0.3 is 0 Å². The summed E-state index contributed by atoms with van der Waals surface area (Å²) in [7, 11) is 0. The third kappa shape index (κ3) is 2.75. The van der Waals surface area contributed by atoms with E-state index in [-0.39, 0.29) is 6.17 Å². The summed E-state index contributed by atoms with van der Waals surface area (Å²) >= 11 is 0. The highest BCUT2D eigenvalue weighted by Gasteiger charge is 2.28. The van der Waals surface area contributed by atoms with Crippen LogP contribution in [0.15, 0.2) is 109 Å². The molecule has 2 heterocycles. The summed E-state index contributed by atoms with van der Waals surface area (Å²) in [5.41, 5.74) is 7.39. The van der Waals surface area contributed by atoms with Crippen LogP contribution in [0.2, 0.25) is 0 Å². The van der Waals surface area contributed by atoms with Crippen LogP contribution in [0.25, 0.3) is 27.5 Å².